The van der Waals surface area contributed by atoms with Crippen LogP contribution < -0.4 is 4.74 Å². The highest BCUT2D eigenvalue weighted by atomic mass is 79.9. The van der Waals surface area contributed by atoms with Crippen molar-refractivity contribution in [2.24, 2.45) is 0 Å². The molecule has 1 aromatic carbocycles. The first-order chi connectivity index (χ1) is 8.19. The SMILES string of the molecule is Cc1ccc(Oc2cc(Br)ccc2C#N)cn1. The maximum atomic E-state index is 8.97. The summed E-state index contributed by atoms with van der Waals surface area (Å²) >= 11 is 3.35. The van der Waals surface area contributed by atoms with Gasteiger partial charge in [0.25, 0.3) is 0 Å². The number of ether oxygens (including phenoxy) is 1. The first-order valence-corrected chi connectivity index (χ1v) is 5.78. The second-order valence-corrected chi connectivity index (χ2v) is 4.41. The average Bonchev–Trinajstić information content (AvgIpc) is 2.32. The van der Waals surface area contributed by atoms with Crippen molar-refractivity contribution in [3.63, 3.8) is 0 Å². The number of aryl methyl sites for hydroxylation is 1. The van der Waals surface area contributed by atoms with Crippen molar-refractivity contribution in [3.8, 4) is 17.6 Å². The van der Waals surface area contributed by atoms with Gasteiger partial charge in [0.2, 0.25) is 0 Å². The van der Waals surface area contributed by atoms with Crippen LogP contribution in [0.1, 0.15) is 11.3 Å². The molecule has 0 N–H and O–H groups in total. The van der Waals surface area contributed by atoms with E-state index in [1.54, 1.807) is 24.4 Å². The Morgan fingerprint density at radius 2 is 2.12 bits per heavy atom. The molecule has 4 heteroatoms. The van der Waals surface area contributed by atoms with E-state index < -0.39 is 0 Å². The van der Waals surface area contributed by atoms with Gasteiger partial charge in [-0.2, -0.15) is 5.26 Å². The van der Waals surface area contributed by atoms with Gasteiger partial charge in [-0.1, -0.05) is 15.9 Å². The number of halogens is 1. The van der Waals surface area contributed by atoms with Gasteiger partial charge in [-0.15, -0.1) is 0 Å². The summed E-state index contributed by atoms with van der Waals surface area (Å²) < 4.78 is 6.49. The van der Waals surface area contributed by atoms with E-state index in [1.165, 1.54) is 0 Å². The second-order valence-electron chi connectivity index (χ2n) is 3.49. The molecule has 2 rings (SSSR count). The van der Waals surface area contributed by atoms with Crippen molar-refractivity contribution < 1.29 is 4.74 Å². The summed E-state index contributed by atoms with van der Waals surface area (Å²) in [7, 11) is 0. The highest BCUT2D eigenvalue weighted by molar-refractivity contribution is 9.10. The van der Waals surface area contributed by atoms with Gasteiger partial charge in [-0.25, -0.2) is 0 Å². The van der Waals surface area contributed by atoms with E-state index >= 15 is 0 Å². The maximum absolute atomic E-state index is 8.97. The molecule has 0 saturated carbocycles. The fraction of sp³-hybridized carbons (Fsp3) is 0.0769. The van der Waals surface area contributed by atoms with Crippen LogP contribution in [-0.2, 0) is 0 Å². The third kappa shape index (κ3) is 2.83. The Hall–Kier alpha value is -1.86. The van der Waals surface area contributed by atoms with Gasteiger partial charge in [-0.05, 0) is 37.3 Å². The van der Waals surface area contributed by atoms with Crippen molar-refractivity contribution in [3.05, 3.63) is 52.3 Å². The Kier molecular flexibility index (Phi) is 3.40. The Balaban J connectivity index is 2.32. The van der Waals surface area contributed by atoms with Crippen molar-refractivity contribution in [2.45, 2.75) is 6.92 Å². The molecule has 0 bridgehead atoms. The largest absolute Gasteiger partial charge is 0.454 e. The van der Waals surface area contributed by atoms with Crippen LogP contribution in [0.4, 0.5) is 0 Å². The number of pyridine rings is 1. The lowest BCUT2D eigenvalue weighted by atomic mass is 10.2. The maximum Gasteiger partial charge on any atom is 0.146 e. The third-order valence-electron chi connectivity index (χ3n) is 2.18. The molecule has 0 radical (unpaired) electrons. The molecule has 0 aliphatic heterocycles. The van der Waals surface area contributed by atoms with Gasteiger partial charge >= 0.3 is 0 Å². The summed E-state index contributed by atoms with van der Waals surface area (Å²) in [4.78, 5) is 4.13. The minimum absolute atomic E-state index is 0.494. The molecule has 0 spiro atoms. The number of hydrogen-bond donors (Lipinski definition) is 0. The first kappa shape index (κ1) is 11.6. The summed E-state index contributed by atoms with van der Waals surface area (Å²) in [5, 5.41) is 8.97. The van der Waals surface area contributed by atoms with E-state index in [4.69, 9.17) is 10.00 Å². The van der Waals surface area contributed by atoms with Gasteiger partial charge in [0.15, 0.2) is 0 Å². The lowest BCUT2D eigenvalue weighted by molar-refractivity contribution is 0.478. The molecule has 0 aliphatic rings. The first-order valence-electron chi connectivity index (χ1n) is 4.99. The number of aromatic nitrogens is 1. The zero-order valence-electron chi connectivity index (χ0n) is 9.14. The summed E-state index contributed by atoms with van der Waals surface area (Å²) in [6, 6.07) is 11.0. The van der Waals surface area contributed by atoms with Crippen LogP contribution in [0.5, 0.6) is 11.5 Å². The summed E-state index contributed by atoms with van der Waals surface area (Å²) in [6.45, 7) is 1.91. The molecule has 1 aromatic heterocycles. The molecule has 0 aliphatic carbocycles. The van der Waals surface area contributed by atoms with E-state index in [1.807, 2.05) is 19.1 Å². The van der Waals surface area contributed by atoms with Crippen LogP contribution in [0.15, 0.2) is 41.0 Å². The number of nitriles is 1. The smallest absolute Gasteiger partial charge is 0.146 e. The Labute approximate surface area is 108 Å². The minimum Gasteiger partial charge on any atom is -0.454 e. The van der Waals surface area contributed by atoms with E-state index in [2.05, 4.69) is 27.0 Å². The molecule has 0 saturated heterocycles. The molecule has 0 atom stereocenters. The topological polar surface area (TPSA) is 45.9 Å². The van der Waals surface area contributed by atoms with Crippen molar-refractivity contribution in [2.75, 3.05) is 0 Å². The van der Waals surface area contributed by atoms with Crippen LogP contribution in [-0.4, -0.2) is 4.98 Å². The van der Waals surface area contributed by atoms with Crippen LogP contribution >= 0.6 is 15.9 Å². The van der Waals surface area contributed by atoms with Crippen LogP contribution in [0, 0.1) is 18.3 Å². The van der Waals surface area contributed by atoms with E-state index in [9.17, 15) is 0 Å². The molecule has 0 amide bonds. The molecule has 3 nitrogen and oxygen atoms in total. The normalized spacial score (nSPS) is 9.71. The fourth-order valence-electron chi connectivity index (χ4n) is 1.31. The summed E-state index contributed by atoms with van der Waals surface area (Å²) in [5.74, 6) is 1.14. The van der Waals surface area contributed by atoms with Crippen LogP contribution in [0.2, 0.25) is 0 Å². The lowest BCUT2D eigenvalue weighted by Crippen LogP contribution is -1.89. The molecule has 0 unspecified atom stereocenters. The second kappa shape index (κ2) is 4.98. The standard InChI is InChI=1S/C13H9BrN2O/c1-9-2-5-12(8-16-9)17-13-6-11(14)4-3-10(13)7-15/h2-6,8H,1H3. The zero-order chi connectivity index (χ0) is 12.3. The summed E-state index contributed by atoms with van der Waals surface area (Å²) in [5.41, 5.74) is 1.42. The van der Waals surface area contributed by atoms with Gasteiger partial charge in [0.05, 0.1) is 11.8 Å². The monoisotopic (exact) mass is 288 g/mol. The number of nitrogens with zero attached hydrogens (tertiary/aromatic N) is 2. The Bertz CT molecular complexity index is 573. The van der Waals surface area contributed by atoms with E-state index in [-0.39, 0.29) is 0 Å². The molecule has 0 fully saturated rings. The average molecular weight is 289 g/mol. The molecule has 1 heterocycles. The van der Waals surface area contributed by atoms with Gasteiger partial charge in [-0.3, -0.25) is 4.98 Å². The van der Waals surface area contributed by atoms with Crippen molar-refractivity contribution >= 4 is 15.9 Å². The van der Waals surface area contributed by atoms with E-state index in [0.29, 0.717) is 17.1 Å². The highest BCUT2D eigenvalue weighted by Gasteiger charge is 2.05. The van der Waals surface area contributed by atoms with Crippen LogP contribution in [0.3, 0.4) is 0 Å². The van der Waals surface area contributed by atoms with Gasteiger partial charge in [0, 0.05) is 10.2 Å². The highest BCUT2D eigenvalue weighted by Crippen LogP contribution is 2.27. The number of hydrogen-bond acceptors (Lipinski definition) is 3. The minimum atomic E-state index is 0.494. The van der Waals surface area contributed by atoms with Crippen LogP contribution in [0.25, 0.3) is 0 Å². The molecule has 84 valence electrons. The molecular weight excluding hydrogens is 280 g/mol. The fourth-order valence-corrected chi connectivity index (χ4v) is 1.65. The number of rotatable bonds is 2. The Morgan fingerprint density at radius 1 is 1.29 bits per heavy atom. The van der Waals surface area contributed by atoms with Crippen molar-refractivity contribution in [1.82, 2.24) is 4.98 Å². The molecular formula is C13H9BrN2O. The van der Waals surface area contributed by atoms with Gasteiger partial charge in [0.1, 0.15) is 17.6 Å². The predicted molar refractivity (Wildman–Crippen MR) is 67.9 cm³/mol. The van der Waals surface area contributed by atoms with Crippen molar-refractivity contribution in [1.29, 1.82) is 5.26 Å². The van der Waals surface area contributed by atoms with Gasteiger partial charge < -0.3 is 4.74 Å². The predicted octanol–water partition coefficient (Wildman–Crippen LogP) is 3.82. The van der Waals surface area contributed by atoms with E-state index in [0.717, 1.165) is 10.2 Å². The third-order valence-corrected chi connectivity index (χ3v) is 2.67. The Morgan fingerprint density at radius 3 is 2.76 bits per heavy atom. The molecule has 2 aromatic rings. The zero-order valence-corrected chi connectivity index (χ0v) is 10.7. The number of benzene rings is 1. The summed E-state index contributed by atoms with van der Waals surface area (Å²) in [6.07, 6.45) is 1.64. The quantitative estimate of drug-likeness (QED) is 0.844. The lowest BCUT2D eigenvalue weighted by Gasteiger charge is -2.07. The molecule has 17 heavy (non-hydrogen) atoms.